The minimum Gasteiger partial charge on any atom is -0.392 e. The van der Waals surface area contributed by atoms with E-state index in [1.54, 1.807) is 6.92 Å². The van der Waals surface area contributed by atoms with E-state index in [0.717, 1.165) is 6.42 Å². The molecule has 1 unspecified atom stereocenters. The maximum absolute atomic E-state index is 9.02. The lowest BCUT2D eigenvalue weighted by Gasteiger charge is -2.21. The molecule has 0 saturated carbocycles. The molecule has 0 rings (SSSR count). The van der Waals surface area contributed by atoms with Crippen LogP contribution in [-0.4, -0.2) is 23.3 Å². The highest BCUT2D eigenvalue weighted by Crippen LogP contribution is 2.15. The van der Waals surface area contributed by atoms with Gasteiger partial charge < -0.3 is 9.84 Å². The summed E-state index contributed by atoms with van der Waals surface area (Å²) in [5.41, 5.74) is 0. The summed E-state index contributed by atoms with van der Waals surface area (Å²) >= 11 is 4.24. The van der Waals surface area contributed by atoms with Gasteiger partial charge in [0.05, 0.1) is 6.61 Å². The van der Waals surface area contributed by atoms with Crippen molar-refractivity contribution in [3.8, 4) is 0 Å². The first-order valence-electron chi connectivity index (χ1n) is 10.2. The van der Waals surface area contributed by atoms with Crippen molar-refractivity contribution in [2.45, 2.75) is 109 Å². The van der Waals surface area contributed by atoms with Gasteiger partial charge in [0.1, 0.15) is 4.93 Å². The van der Waals surface area contributed by atoms with Gasteiger partial charge in [-0.05, 0) is 39.0 Å². The number of aliphatic hydroxyl groups excluding tert-OH is 1. The number of unbranched alkanes of at least 4 members (excludes halogenated alkanes) is 12. The third-order valence-electron chi connectivity index (χ3n) is 4.36. The zero-order chi connectivity index (χ0) is 17.9. The van der Waals surface area contributed by atoms with E-state index in [-0.39, 0.29) is 6.61 Å². The van der Waals surface area contributed by atoms with Gasteiger partial charge in [0.25, 0.3) is 0 Å². The molecule has 1 atom stereocenters. The molecular formula is C21H42O2S. The standard InChI is InChI=1S/C21H42O2S/c1-3-4-5-6-7-8-9-10-11-12-13-14-15-16-17-18-19-23-21(2,24)20-22/h10-11,22,24H,3-9,12-20H2,1-2H3/b11-10-. The Balaban J connectivity index is 3.15. The van der Waals surface area contributed by atoms with Crippen molar-refractivity contribution in [1.29, 1.82) is 0 Å². The molecule has 0 bridgehead atoms. The van der Waals surface area contributed by atoms with Crippen LogP contribution in [0.25, 0.3) is 0 Å². The summed E-state index contributed by atoms with van der Waals surface area (Å²) in [7, 11) is 0. The van der Waals surface area contributed by atoms with Crippen LogP contribution in [0.2, 0.25) is 0 Å². The number of aliphatic hydroxyl groups is 1. The highest BCUT2D eigenvalue weighted by Gasteiger charge is 2.16. The van der Waals surface area contributed by atoms with Crippen LogP contribution in [-0.2, 0) is 4.74 Å². The number of thiol groups is 1. The lowest BCUT2D eigenvalue weighted by Crippen LogP contribution is -2.26. The van der Waals surface area contributed by atoms with E-state index in [0.29, 0.717) is 6.61 Å². The number of rotatable bonds is 18. The SMILES string of the molecule is CCCCCCCC/C=C\CCCCCCCCOC(C)(S)CO. The summed E-state index contributed by atoms with van der Waals surface area (Å²) in [6, 6.07) is 0. The molecule has 0 aliphatic carbocycles. The van der Waals surface area contributed by atoms with Gasteiger partial charge in [-0.1, -0.05) is 76.9 Å². The van der Waals surface area contributed by atoms with Crippen molar-refractivity contribution in [3.63, 3.8) is 0 Å². The molecule has 0 aliphatic rings. The van der Waals surface area contributed by atoms with Crippen LogP contribution in [0.15, 0.2) is 12.2 Å². The van der Waals surface area contributed by atoms with Crippen molar-refractivity contribution < 1.29 is 9.84 Å². The molecule has 0 aliphatic heterocycles. The predicted octanol–water partition coefficient (Wildman–Crippen LogP) is 6.68. The molecule has 3 heteroatoms. The first-order valence-corrected chi connectivity index (χ1v) is 10.7. The van der Waals surface area contributed by atoms with Gasteiger partial charge in [-0.3, -0.25) is 0 Å². The molecule has 144 valence electrons. The van der Waals surface area contributed by atoms with Crippen molar-refractivity contribution >= 4 is 12.6 Å². The molecule has 0 aromatic heterocycles. The molecular weight excluding hydrogens is 316 g/mol. The van der Waals surface area contributed by atoms with E-state index in [9.17, 15) is 0 Å². The maximum atomic E-state index is 9.02. The van der Waals surface area contributed by atoms with Gasteiger partial charge in [0, 0.05) is 6.61 Å². The fraction of sp³-hybridized carbons (Fsp3) is 0.905. The zero-order valence-corrected chi connectivity index (χ0v) is 17.2. The van der Waals surface area contributed by atoms with E-state index < -0.39 is 4.93 Å². The Morgan fingerprint density at radius 2 is 1.25 bits per heavy atom. The topological polar surface area (TPSA) is 29.5 Å². The summed E-state index contributed by atoms with van der Waals surface area (Å²) < 4.78 is 5.50. The number of allylic oxidation sites excluding steroid dienone is 2. The van der Waals surface area contributed by atoms with Crippen LogP contribution in [0.4, 0.5) is 0 Å². The molecule has 0 aromatic rings. The van der Waals surface area contributed by atoms with Crippen molar-refractivity contribution in [3.05, 3.63) is 12.2 Å². The molecule has 0 spiro atoms. The number of hydrogen-bond acceptors (Lipinski definition) is 3. The lowest BCUT2D eigenvalue weighted by molar-refractivity contribution is -0.000941. The Morgan fingerprint density at radius 1 is 0.792 bits per heavy atom. The molecule has 2 nitrogen and oxygen atoms in total. The maximum Gasteiger partial charge on any atom is 0.131 e. The highest BCUT2D eigenvalue weighted by atomic mass is 32.1. The number of ether oxygens (including phenoxy) is 1. The quantitative estimate of drug-likeness (QED) is 0.124. The van der Waals surface area contributed by atoms with Crippen LogP contribution in [0.3, 0.4) is 0 Å². The zero-order valence-electron chi connectivity index (χ0n) is 16.3. The average molecular weight is 359 g/mol. The molecule has 0 fully saturated rings. The predicted molar refractivity (Wildman–Crippen MR) is 110 cm³/mol. The van der Waals surface area contributed by atoms with Crippen molar-refractivity contribution in [1.82, 2.24) is 0 Å². The first kappa shape index (κ1) is 24.0. The van der Waals surface area contributed by atoms with Gasteiger partial charge in [0.2, 0.25) is 0 Å². The van der Waals surface area contributed by atoms with Crippen LogP contribution in [0.5, 0.6) is 0 Å². The third kappa shape index (κ3) is 18.4. The molecule has 1 N–H and O–H groups in total. The van der Waals surface area contributed by atoms with Crippen molar-refractivity contribution in [2.24, 2.45) is 0 Å². The fourth-order valence-corrected chi connectivity index (χ4v) is 2.78. The minimum atomic E-state index is -0.679. The second kappa shape index (κ2) is 17.8. The first-order chi connectivity index (χ1) is 11.6. The Morgan fingerprint density at radius 3 is 1.75 bits per heavy atom. The fourth-order valence-electron chi connectivity index (χ4n) is 2.69. The van der Waals surface area contributed by atoms with E-state index in [1.165, 1.54) is 83.5 Å². The normalized spacial score (nSPS) is 14.3. The minimum absolute atomic E-state index is 0.0392. The lowest BCUT2D eigenvalue weighted by atomic mass is 10.1. The summed E-state index contributed by atoms with van der Waals surface area (Å²) in [4.78, 5) is -0.679. The molecule has 0 aromatic carbocycles. The summed E-state index contributed by atoms with van der Waals surface area (Å²) in [5, 5.41) is 9.02. The van der Waals surface area contributed by atoms with Crippen LogP contribution >= 0.6 is 12.6 Å². The molecule has 0 amide bonds. The Kier molecular flexibility index (Phi) is 17.8. The second-order valence-corrected chi connectivity index (χ2v) is 8.07. The highest BCUT2D eigenvalue weighted by molar-refractivity contribution is 7.81. The Bertz CT molecular complexity index is 277. The Hall–Kier alpha value is 0.01000. The van der Waals surface area contributed by atoms with E-state index in [2.05, 4.69) is 31.7 Å². The van der Waals surface area contributed by atoms with E-state index in [1.807, 2.05) is 0 Å². The molecule has 0 heterocycles. The van der Waals surface area contributed by atoms with Crippen molar-refractivity contribution in [2.75, 3.05) is 13.2 Å². The monoisotopic (exact) mass is 358 g/mol. The van der Waals surface area contributed by atoms with Gasteiger partial charge >= 0.3 is 0 Å². The Labute approximate surface area is 156 Å². The van der Waals surface area contributed by atoms with Gasteiger partial charge in [-0.25, -0.2) is 0 Å². The van der Waals surface area contributed by atoms with Gasteiger partial charge in [0.15, 0.2) is 0 Å². The average Bonchev–Trinajstić information content (AvgIpc) is 2.57. The number of hydrogen-bond donors (Lipinski definition) is 2. The second-order valence-electron chi connectivity index (χ2n) is 7.12. The van der Waals surface area contributed by atoms with Crippen LogP contribution in [0, 0.1) is 0 Å². The van der Waals surface area contributed by atoms with Crippen LogP contribution in [0.1, 0.15) is 104 Å². The van der Waals surface area contributed by atoms with Gasteiger partial charge in [-0.15, -0.1) is 12.6 Å². The smallest absolute Gasteiger partial charge is 0.131 e. The summed E-state index contributed by atoms with van der Waals surface area (Å²) in [5.74, 6) is 0. The largest absolute Gasteiger partial charge is 0.392 e. The molecule has 24 heavy (non-hydrogen) atoms. The molecule has 0 saturated heterocycles. The molecule has 0 radical (unpaired) electrons. The summed E-state index contributed by atoms with van der Waals surface area (Å²) in [6.45, 7) is 4.73. The summed E-state index contributed by atoms with van der Waals surface area (Å²) in [6.07, 6.45) is 23.2. The van der Waals surface area contributed by atoms with E-state index in [4.69, 9.17) is 9.84 Å². The third-order valence-corrected chi connectivity index (χ3v) is 4.63. The van der Waals surface area contributed by atoms with Crippen LogP contribution < -0.4 is 0 Å². The van der Waals surface area contributed by atoms with E-state index >= 15 is 0 Å². The van der Waals surface area contributed by atoms with Gasteiger partial charge in [-0.2, -0.15) is 0 Å².